The van der Waals surface area contributed by atoms with E-state index < -0.39 is 0 Å². The van der Waals surface area contributed by atoms with Gasteiger partial charge in [0.2, 0.25) is 0 Å². The zero-order chi connectivity index (χ0) is 13.1. The van der Waals surface area contributed by atoms with E-state index in [1.165, 1.54) is 7.11 Å². The number of benzene rings is 1. The van der Waals surface area contributed by atoms with Crippen molar-refractivity contribution < 1.29 is 9.47 Å². The van der Waals surface area contributed by atoms with Gasteiger partial charge in [-0.1, -0.05) is 0 Å². The summed E-state index contributed by atoms with van der Waals surface area (Å²) in [7, 11) is 3.08. The predicted octanol–water partition coefficient (Wildman–Crippen LogP) is 1.61. The van der Waals surface area contributed by atoms with Gasteiger partial charge in [-0.15, -0.1) is 0 Å². The van der Waals surface area contributed by atoms with Gasteiger partial charge in [0, 0.05) is 17.0 Å². The molecule has 92 valence electrons. The minimum atomic E-state index is -0.271. The average Bonchev–Trinajstić information content (AvgIpc) is 2.39. The van der Waals surface area contributed by atoms with Gasteiger partial charge in [0.15, 0.2) is 0 Å². The molecule has 0 aliphatic carbocycles. The molecule has 0 spiro atoms. The van der Waals surface area contributed by atoms with E-state index in [-0.39, 0.29) is 12.0 Å². The number of rotatable bonds is 3. The molecule has 1 N–H and O–H groups in total. The van der Waals surface area contributed by atoms with Crippen LogP contribution in [0.4, 0.5) is 0 Å². The Kier molecular flexibility index (Phi) is 3.20. The van der Waals surface area contributed by atoms with Crippen molar-refractivity contribution in [2.75, 3.05) is 14.2 Å². The molecular weight excluding hydrogens is 232 g/mol. The fraction of sp³-hybridized carbons (Fsp3) is 0.231. The first-order valence-electron chi connectivity index (χ1n) is 5.34. The fourth-order valence-electron chi connectivity index (χ4n) is 1.80. The largest absolute Gasteiger partial charge is 0.497 e. The van der Waals surface area contributed by atoms with Gasteiger partial charge in [0.05, 0.1) is 32.2 Å². The highest BCUT2D eigenvalue weighted by molar-refractivity contribution is 5.86. The number of H-pyrrole nitrogens is 1. The number of fused-ring (bicyclic) bond motifs is 1. The van der Waals surface area contributed by atoms with Crippen molar-refractivity contribution in [3.05, 3.63) is 34.1 Å². The summed E-state index contributed by atoms with van der Waals surface area (Å²) in [5, 5.41) is 9.44. The lowest BCUT2D eigenvalue weighted by atomic mass is 10.1. The first kappa shape index (κ1) is 12.0. The van der Waals surface area contributed by atoms with Crippen LogP contribution in [0.25, 0.3) is 10.9 Å². The zero-order valence-corrected chi connectivity index (χ0v) is 10.1. The Morgan fingerprint density at radius 2 is 2.06 bits per heavy atom. The van der Waals surface area contributed by atoms with Crippen LogP contribution in [0.15, 0.2) is 23.0 Å². The lowest BCUT2D eigenvalue weighted by Gasteiger charge is -2.09. The van der Waals surface area contributed by atoms with E-state index in [9.17, 15) is 4.79 Å². The Balaban J connectivity index is 2.76. The van der Waals surface area contributed by atoms with Gasteiger partial charge < -0.3 is 14.5 Å². The van der Waals surface area contributed by atoms with Crippen LogP contribution < -0.4 is 15.0 Å². The lowest BCUT2D eigenvalue weighted by Crippen LogP contribution is -2.12. The van der Waals surface area contributed by atoms with Crippen LogP contribution >= 0.6 is 0 Å². The molecule has 0 saturated carbocycles. The Hall–Kier alpha value is -2.48. The molecule has 0 bridgehead atoms. The minimum Gasteiger partial charge on any atom is -0.497 e. The molecule has 2 aromatic rings. The quantitative estimate of drug-likeness (QED) is 0.890. The number of nitrogens with zero attached hydrogens (tertiary/aromatic N) is 1. The highest BCUT2D eigenvalue weighted by atomic mass is 16.5. The van der Waals surface area contributed by atoms with Crippen molar-refractivity contribution in [1.29, 1.82) is 5.26 Å². The zero-order valence-electron chi connectivity index (χ0n) is 10.1. The van der Waals surface area contributed by atoms with E-state index in [0.29, 0.717) is 22.6 Å². The SMILES string of the molecule is COc1cc(OC)c2[nH]c(=O)c(CC#N)cc2c1. The van der Waals surface area contributed by atoms with Crippen molar-refractivity contribution in [2.24, 2.45) is 0 Å². The fourth-order valence-corrected chi connectivity index (χ4v) is 1.80. The molecule has 0 saturated heterocycles. The molecule has 0 amide bonds. The topological polar surface area (TPSA) is 75.1 Å². The third-order valence-corrected chi connectivity index (χ3v) is 2.69. The van der Waals surface area contributed by atoms with Gasteiger partial charge in [-0.05, 0) is 12.1 Å². The molecule has 0 aliphatic heterocycles. The maximum atomic E-state index is 11.8. The standard InChI is InChI=1S/C13H12N2O3/c1-17-10-6-9-5-8(3-4-14)13(16)15-12(9)11(7-10)18-2/h5-7H,3H2,1-2H3,(H,15,16). The molecule has 5 nitrogen and oxygen atoms in total. The second-order valence-electron chi connectivity index (χ2n) is 3.75. The summed E-state index contributed by atoms with van der Waals surface area (Å²) in [6, 6.07) is 7.13. The molecule has 1 heterocycles. The smallest absolute Gasteiger partial charge is 0.252 e. The molecule has 0 fully saturated rings. The van der Waals surface area contributed by atoms with Crippen LogP contribution in [0.1, 0.15) is 5.56 Å². The van der Waals surface area contributed by atoms with Crippen LogP contribution in [0.2, 0.25) is 0 Å². The van der Waals surface area contributed by atoms with Crippen LogP contribution in [0.3, 0.4) is 0 Å². The maximum Gasteiger partial charge on any atom is 0.252 e. The summed E-state index contributed by atoms with van der Waals surface area (Å²) in [6.45, 7) is 0. The molecule has 0 atom stereocenters. The summed E-state index contributed by atoms with van der Waals surface area (Å²) in [5.74, 6) is 1.17. The summed E-state index contributed by atoms with van der Waals surface area (Å²) < 4.78 is 10.4. The number of aromatic nitrogens is 1. The van der Waals surface area contributed by atoms with Gasteiger partial charge in [-0.2, -0.15) is 5.26 Å². The van der Waals surface area contributed by atoms with E-state index in [0.717, 1.165) is 5.39 Å². The van der Waals surface area contributed by atoms with Crippen molar-refractivity contribution in [2.45, 2.75) is 6.42 Å². The highest BCUT2D eigenvalue weighted by Crippen LogP contribution is 2.29. The molecule has 0 unspecified atom stereocenters. The van der Waals surface area contributed by atoms with Gasteiger partial charge in [-0.3, -0.25) is 4.79 Å². The number of ether oxygens (including phenoxy) is 2. The first-order chi connectivity index (χ1) is 8.69. The Bertz CT molecular complexity index is 683. The normalized spacial score (nSPS) is 10.1. The number of nitriles is 1. The van der Waals surface area contributed by atoms with E-state index >= 15 is 0 Å². The first-order valence-corrected chi connectivity index (χ1v) is 5.34. The van der Waals surface area contributed by atoms with Crippen LogP contribution in [0.5, 0.6) is 11.5 Å². The predicted molar refractivity (Wildman–Crippen MR) is 67.0 cm³/mol. The van der Waals surface area contributed by atoms with Crippen LogP contribution in [-0.4, -0.2) is 19.2 Å². The van der Waals surface area contributed by atoms with Crippen LogP contribution in [-0.2, 0) is 6.42 Å². The van der Waals surface area contributed by atoms with E-state index in [1.54, 1.807) is 25.3 Å². The van der Waals surface area contributed by atoms with Crippen molar-refractivity contribution >= 4 is 10.9 Å². The number of hydrogen-bond donors (Lipinski definition) is 1. The lowest BCUT2D eigenvalue weighted by molar-refractivity contribution is 0.397. The summed E-state index contributed by atoms with van der Waals surface area (Å²) in [4.78, 5) is 14.5. The van der Waals surface area contributed by atoms with Gasteiger partial charge in [-0.25, -0.2) is 0 Å². The van der Waals surface area contributed by atoms with Gasteiger partial charge >= 0.3 is 0 Å². The van der Waals surface area contributed by atoms with Crippen molar-refractivity contribution in [3.63, 3.8) is 0 Å². The monoisotopic (exact) mass is 244 g/mol. The highest BCUT2D eigenvalue weighted by Gasteiger charge is 2.09. The van der Waals surface area contributed by atoms with Crippen molar-refractivity contribution in [3.8, 4) is 17.6 Å². The molecule has 2 rings (SSSR count). The molecule has 0 aliphatic rings. The third kappa shape index (κ3) is 2.00. The number of nitrogens with one attached hydrogen (secondary N) is 1. The summed E-state index contributed by atoms with van der Waals surface area (Å²) in [5.41, 5.74) is 0.762. The molecular formula is C13H12N2O3. The number of hydrogen-bond acceptors (Lipinski definition) is 4. The summed E-state index contributed by atoms with van der Waals surface area (Å²) >= 11 is 0. The van der Waals surface area contributed by atoms with Gasteiger partial charge in [0.1, 0.15) is 11.5 Å². The van der Waals surface area contributed by atoms with Crippen molar-refractivity contribution in [1.82, 2.24) is 4.98 Å². The Morgan fingerprint density at radius 1 is 1.28 bits per heavy atom. The number of methoxy groups -OCH3 is 2. The number of pyridine rings is 1. The molecule has 0 radical (unpaired) electrons. The van der Waals surface area contributed by atoms with E-state index in [1.807, 2.05) is 6.07 Å². The second kappa shape index (κ2) is 4.80. The third-order valence-electron chi connectivity index (χ3n) is 2.69. The van der Waals surface area contributed by atoms with Crippen LogP contribution in [0, 0.1) is 11.3 Å². The molecule has 18 heavy (non-hydrogen) atoms. The Morgan fingerprint density at radius 3 is 2.67 bits per heavy atom. The summed E-state index contributed by atoms with van der Waals surface area (Å²) in [6.07, 6.45) is 0.0742. The second-order valence-corrected chi connectivity index (χ2v) is 3.75. The van der Waals surface area contributed by atoms with E-state index in [2.05, 4.69) is 4.98 Å². The minimum absolute atomic E-state index is 0.0742. The molecule has 5 heteroatoms. The van der Waals surface area contributed by atoms with Gasteiger partial charge in [0.25, 0.3) is 5.56 Å². The average molecular weight is 244 g/mol. The maximum absolute atomic E-state index is 11.8. The Labute approximate surface area is 104 Å². The molecule has 1 aromatic heterocycles. The molecule has 1 aromatic carbocycles. The van der Waals surface area contributed by atoms with E-state index in [4.69, 9.17) is 14.7 Å². The number of aromatic amines is 1.